The molecule has 0 bridgehead atoms. The van der Waals surface area contributed by atoms with Crippen LogP contribution in [0.4, 0.5) is 0 Å². The fraction of sp³-hybridized carbons (Fsp3) is 0.143. The average molecular weight is 162 g/mol. The maximum Gasteiger partial charge on any atom is 0.175 e. The van der Waals surface area contributed by atoms with Crippen molar-refractivity contribution in [3.05, 3.63) is 23.9 Å². The van der Waals surface area contributed by atoms with Gasteiger partial charge in [-0.2, -0.15) is 0 Å². The summed E-state index contributed by atoms with van der Waals surface area (Å²) in [7, 11) is 0. The van der Waals surface area contributed by atoms with E-state index >= 15 is 0 Å². The van der Waals surface area contributed by atoms with Gasteiger partial charge in [-0.1, -0.05) is 11.8 Å². The van der Waals surface area contributed by atoms with E-state index in [4.69, 9.17) is 5.94 Å². The summed E-state index contributed by atoms with van der Waals surface area (Å²) < 4.78 is 20.0. The summed E-state index contributed by atoms with van der Waals surface area (Å²) in [5.41, 5.74) is 0.785. The van der Waals surface area contributed by atoms with Gasteiger partial charge < -0.3 is 0 Å². The quantitative estimate of drug-likeness (QED) is 0.585. The van der Waals surface area contributed by atoms with Crippen molar-refractivity contribution >= 4 is 17.5 Å². The SMILES string of the molecule is O=C1CSc2ncccc21.[2HH].[2H][2H].[2H][2H]. The molecule has 10 heavy (non-hydrogen) atoms. The summed E-state index contributed by atoms with van der Waals surface area (Å²) in [5, 5.41) is 0.882. The minimum absolute atomic E-state index is 0. The molecule has 0 saturated carbocycles. The highest BCUT2D eigenvalue weighted by molar-refractivity contribution is 8.00. The molecule has 2 rings (SSSR count). The fourth-order valence-corrected chi connectivity index (χ4v) is 1.83. The highest BCUT2D eigenvalue weighted by Gasteiger charge is 2.19. The minimum Gasteiger partial charge on any atom is -0.293 e. The Labute approximate surface area is 70.3 Å². The van der Waals surface area contributed by atoms with Gasteiger partial charge in [0.2, 0.25) is 0 Å². The van der Waals surface area contributed by atoms with Crippen LogP contribution in [0.3, 0.4) is 0 Å². The maximum atomic E-state index is 11.0. The average Bonchev–Trinajstić information content (AvgIpc) is 2.67. The molecule has 0 aliphatic carbocycles. The van der Waals surface area contributed by atoms with Crippen molar-refractivity contribution < 1.29 is 12.2 Å². The number of nitrogens with zero attached hydrogens (tertiary/aromatic N) is 1. The number of carbonyl (C=O) groups excluding carboxylic acids is 1. The molecule has 1 aromatic heterocycles. The monoisotopic (exact) mass is 162 g/mol. The van der Waals surface area contributed by atoms with Crippen molar-refractivity contribution in [3.8, 4) is 0 Å². The number of thioether (sulfide) groups is 1. The highest BCUT2D eigenvalue weighted by Crippen LogP contribution is 2.27. The zero-order chi connectivity index (χ0) is 11.0. The topological polar surface area (TPSA) is 30.0 Å². The minimum atomic E-state index is 0. The molecule has 0 radical (unpaired) electrons. The number of rotatable bonds is 0. The molecule has 2 heterocycles. The van der Waals surface area contributed by atoms with E-state index in [2.05, 4.69) is 4.98 Å². The van der Waals surface area contributed by atoms with Gasteiger partial charge in [0, 0.05) is 13.6 Å². The molecular formula is C7H11NOS. The van der Waals surface area contributed by atoms with Gasteiger partial charge in [-0.25, -0.2) is 4.98 Å². The first-order valence-electron chi connectivity index (χ1n) is 4.99. The normalized spacial score (nSPS) is 17.0. The third kappa shape index (κ3) is 0.743. The van der Waals surface area contributed by atoms with Crippen LogP contribution in [-0.4, -0.2) is 16.5 Å². The van der Waals surface area contributed by atoms with E-state index in [1.54, 1.807) is 12.3 Å². The van der Waals surface area contributed by atoms with Crippen LogP contribution in [0.5, 0.6) is 0 Å². The lowest BCUT2D eigenvalue weighted by molar-refractivity contribution is 0.102. The Hall–Kier alpha value is -0.830. The van der Waals surface area contributed by atoms with Crippen molar-refractivity contribution in [1.82, 2.24) is 4.98 Å². The van der Waals surface area contributed by atoms with E-state index < -0.39 is 0 Å². The van der Waals surface area contributed by atoms with Gasteiger partial charge in [0.25, 0.3) is 0 Å². The maximum absolute atomic E-state index is 11.0. The zero-order valence-electron chi connectivity index (χ0n) is 9.20. The number of Topliss-reactive ketones (excluding diaryl/α,β-unsaturated/α-hetero) is 1. The van der Waals surface area contributed by atoms with E-state index in [-0.39, 0.29) is 7.21 Å². The lowest BCUT2D eigenvalue weighted by Gasteiger charge is -1.89. The van der Waals surface area contributed by atoms with Gasteiger partial charge in [-0.15, -0.1) is 0 Å². The number of carbonyl (C=O) groups is 1. The van der Waals surface area contributed by atoms with Crippen molar-refractivity contribution in [2.75, 3.05) is 5.75 Å². The molecule has 0 aromatic carbocycles. The van der Waals surface area contributed by atoms with Gasteiger partial charge in [0.05, 0.1) is 11.3 Å². The molecule has 0 N–H and O–H groups in total. The van der Waals surface area contributed by atoms with Gasteiger partial charge in [0.1, 0.15) is 5.03 Å². The van der Waals surface area contributed by atoms with Crippen LogP contribution < -0.4 is 0 Å². The second-order valence-electron chi connectivity index (χ2n) is 2.07. The lowest BCUT2D eigenvalue weighted by Crippen LogP contribution is -1.94. The molecule has 1 aliphatic rings. The van der Waals surface area contributed by atoms with E-state index in [9.17, 15) is 4.79 Å². The van der Waals surface area contributed by atoms with E-state index in [1.807, 2.05) is 6.07 Å². The number of aromatic nitrogens is 1. The zero-order valence-corrected chi connectivity index (χ0v) is 6.02. The van der Waals surface area contributed by atoms with Crippen LogP contribution in [0.2, 0.25) is 0 Å². The molecule has 0 unspecified atom stereocenters. The van der Waals surface area contributed by atoms with E-state index in [0.29, 0.717) is 5.75 Å². The largest absolute Gasteiger partial charge is 0.293 e. The summed E-state index contributed by atoms with van der Waals surface area (Å²) in [4.78, 5) is 15.1. The Morgan fingerprint density at radius 2 is 2.70 bits per heavy atom. The molecule has 0 saturated heterocycles. The molecule has 1 aromatic rings. The third-order valence-corrected chi connectivity index (χ3v) is 2.42. The Morgan fingerprint density at radius 3 is 3.50 bits per heavy atom. The highest BCUT2D eigenvalue weighted by atomic mass is 32.2. The third-order valence-electron chi connectivity index (χ3n) is 1.41. The summed E-state index contributed by atoms with van der Waals surface area (Å²) in [6.45, 7) is 0. The molecule has 0 atom stereocenters. The van der Waals surface area contributed by atoms with Crippen LogP contribution in [-0.2, 0) is 0 Å². The molecule has 3 heteroatoms. The predicted molar refractivity (Wildman–Crippen MR) is 45.6 cm³/mol. The smallest absolute Gasteiger partial charge is 0.175 e. The van der Waals surface area contributed by atoms with Gasteiger partial charge in [-0.3, -0.25) is 4.79 Å². The number of hydrogen-bond donors (Lipinski definition) is 0. The second kappa shape index (κ2) is 2.09. The fourth-order valence-electron chi connectivity index (χ4n) is 0.930. The standard InChI is InChI=1S/C7H5NOS.3H2/c9-6-4-10-7-5(6)2-1-3-8-7;;;/h1-3H,4H2;3*1H/i;2*1+1D;1+1. The van der Waals surface area contributed by atoms with Crippen LogP contribution in [0.1, 0.15) is 17.7 Å². The van der Waals surface area contributed by atoms with Gasteiger partial charge in [-0.05, 0) is 12.1 Å². The van der Waals surface area contributed by atoms with E-state index in [1.165, 1.54) is 11.8 Å². The molecule has 56 valence electrons. The Kier molecular flexibility index (Phi) is 0.864. The summed E-state index contributed by atoms with van der Waals surface area (Å²) in [5.74, 6) is 0.764. The van der Waals surface area contributed by atoms with Crippen LogP contribution >= 0.6 is 11.8 Å². The van der Waals surface area contributed by atoms with E-state index in [0.717, 1.165) is 10.6 Å². The van der Waals surface area contributed by atoms with Gasteiger partial charge in [0.15, 0.2) is 5.78 Å². The predicted octanol–water partition coefficient (Wildman–Crippen LogP) is 2.11. The molecular weight excluding hydrogens is 146 g/mol. The van der Waals surface area contributed by atoms with Crippen molar-refractivity contribution in [3.63, 3.8) is 0 Å². The van der Waals surface area contributed by atoms with Gasteiger partial charge >= 0.3 is 0 Å². The summed E-state index contributed by atoms with van der Waals surface area (Å²) in [6.07, 6.45) is 1.71. The van der Waals surface area contributed by atoms with Crippen LogP contribution in [0.25, 0.3) is 0 Å². The van der Waals surface area contributed by atoms with Crippen molar-refractivity contribution in [2.45, 2.75) is 5.03 Å². The Bertz CT molecular complexity index is 298. The number of pyridine rings is 1. The first-order chi connectivity index (χ1) is 6.88. The van der Waals surface area contributed by atoms with Crippen LogP contribution in [0.15, 0.2) is 23.4 Å². The van der Waals surface area contributed by atoms with Crippen molar-refractivity contribution in [2.24, 2.45) is 0 Å². The number of hydrogen-bond acceptors (Lipinski definition) is 3. The van der Waals surface area contributed by atoms with Crippen molar-refractivity contribution in [1.29, 1.82) is 0 Å². The van der Waals surface area contributed by atoms with Crippen LogP contribution in [0, 0.1) is 0 Å². The number of ketones is 1. The molecule has 2 nitrogen and oxygen atoms in total. The first kappa shape index (κ1) is 4.13. The lowest BCUT2D eigenvalue weighted by atomic mass is 10.2. The second-order valence-corrected chi connectivity index (χ2v) is 3.03. The number of fused-ring (bicyclic) bond motifs is 1. The summed E-state index contributed by atoms with van der Waals surface area (Å²) in [6, 6.07) is 3.62. The molecule has 0 amide bonds. The summed E-state index contributed by atoms with van der Waals surface area (Å²) >= 11 is 1.52. The Balaban J connectivity index is 0. The molecule has 0 spiro atoms. The Morgan fingerprint density at radius 1 is 1.80 bits per heavy atom. The first-order valence-corrected chi connectivity index (χ1v) is 3.97. The molecule has 0 fully saturated rings. The molecule has 1 aliphatic heterocycles.